The van der Waals surface area contributed by atoms with Gasteiger partial charge in [0, 0.05) is 44.7 Å². The van der Waals surface area contributed by atoms with Gasteiger partial charge in [-0.3, -0.25) is 24.6 Å². The Bertz CT molecular complexity index is 898. The van der Waals surface area contributed by atoms with Crippen molar-refractivity contribution in [2.24, 2.45) is 0 Å². The van der Waals surface area contributed by atoms with Crippen molar-refractivity contribution in [2.45, 2.75) is 37.5 Å². The zero-order chi connectivity index (χ0) is 21.4. The molecular weight excluding hydrogens is 400 g/mol. The number of fused-ring (bicyclic) bond motifs is 1. The lowest BCUT2D eigenvalue weighted by Crippen LogP contribution is -2.61. The first-order valence-corrected chi connectivity index (χ1v) is 10.9. The number of carbonyl (C=O) groups is 3. The molecule has 0 aromatic heterocycles. The number of hydrogen-bond acceptors (Lipinski definition) is 7. The van der Waals surface area contributed by atoms with Gasteiger partial charge in [0.15, 0.2) is 0 Å². The molecule has 1 spiro atoms. The summed E-state index contributed by atoms with van der Waals surface area (Å²) in [5, 5.41) is 5.94. The van der Waals surface area contributed by atoms with Crippen LogP contribution < -0.4 is 10.6 Å². The number of amides is 3. The number of morpholine rings is 1. The minimum absolute atomic E-state index is 0.135. The summed E-state index contributed by atoms with van der Waals surface area (Å²) in [5.74, 6) is -0.790. The molecule has 4 aliphatic heterocycles. The Morgan fingerprint density at radius 2 is 1.97 bits per heavy atom. The van der Waals surface area contributed by atoms with Crippen molar-refractivity contribution in [1.82, 2.24) is 20.4 Å². The highest BCUT2D eigenvalue weighted by Gasteiger charge is 2.41. The van der Waals surface area contributed by atoms with Gasteiger partial charge in [-0.15, -0.1) is 0 Å². The van der Waals surface area contributed by atoms with E-state index in [1.54, 1.807) is 4.90 Å². The van der Waals surface area contributed by atoms with Gasteiger partial charge in [-0.2, -0.15) is 0 Å². The van der Waals surface area contributed by atoms with E-state index in [1.165, 1.54) is 0 Å². The van der Waals surface area contributed by atoms with Crippen molar-refractivity contribution in [3.05, 3.63) is 34.9 Å². The predicted octanol–water partition coefficient (Wildman–Crippen LogP) is -0.362. The van der Waals surface area contributed by atoms with E-state index in [0.717, 1.165) is 30.8 Å². The molecular formula is C22H28N4O5. The van der Waals surface area contributed by atoms with Crippen molar-refractivity contribution in [3.8, 4) is 0 Å². The second kappa shape index (κ2) is 8.31. The predicted molar refractivity (Wildman–Crippen MR) is 110 cm³/mol. The van der Waals surface area contributed by atoms with E-state index in [4.69, 9.17) is 9.47 Å². The normalized spacial score (nSPS) is 29.7. The van der Waals surface area contributed by atoms with Crippen LogP contribution in [0.1, 0.15) is 34.3 Å². The molecule has 0 bridgehead atoms. The van der Waals surface area contributed by atoms with Crippen molar-refractivity contribution in [1.29, 1.82) is 0 Å². The summed E-state index contributed by atoms with van der Waals surface area (Å²) < 4.78 is 11.6. The average Bonchev–Trinajstić information content (AvgIpc) is 2.97. The fraction of sp³-hybridized carbons (Fsp3) is 0.591. The first-order chi connectivity index (χ1) is 15.0. The topological polar surface area (TPSA) is 100 Å². The molecule has 2 unspecified atom stereocenters. The van der Waals surface area contributed by atoms with Crippen LogP contribution in [0.15, 0.2) is 18.2 Å². The molecule has 4 heterocycles. The molecule has 0 saturated carbocycles. The van der Waals surface area contributed by atoms with E-state index in [2.05, 4.69) is 21.6 Å². The third-order valence-electron chi connectivity index (χ3n) is 6.65. The van der Waals surface area contributed by atoms with Crippen LogP contribution >= 0.6 is 0 Å². The Kier molecular flexibility index (Phi) is 5.51. The number of nitrogens with zero attached hydrogens (tertiary/aromatic N) is 2. The van der Waals surface area contributed by atoms with Gasteiger partial charge >= 0.3 is 0 Å². The minimum atomic E-state index is -0.594. The van der Waals surface area contributed by atoms with E-state index in [0.29, 0.717) is 51.5 Å². The fourth-order valence-corrected chi connectivity index (χ4v) is 5.09. The van der Waals surface area contributed by atoms with Gasteiger partial charge in [0.1, 0.15) is 6.04 Å². The molecule has 31 heavy (non-hydrogen) atoms. The summed E-state index contributed by atoms with van der Waals surface area (Å²) in [5.41, 5.74) is 2.52. The van der Waals surface area contributed by atoms with Crippen molar-refractivity contribution in [3.63, 3.8) is 0 Å². The Morgan fingerprint density at radius 3 is 2.77 bits per heavy atom. The van der Waals surface area contributed by atoms with Gasteiger partial charge in [0.2, 0.25) is 11.8 Å². The van der Waals surface area contributed by atoms with Crippen molar-refractivity contribution >= 4 is 17.7 Å². The standard InChI is InChI=1S/C22H28N4O5/c27-19-5-4-18(20(28)24-19)26-11-17-15(2-1-3-16(17)21(26)29)10-25-7-9-31-14-22(12-25)13-30-8-6-23-22/h1-3,18,23H,4-14H2,(H,24,27,28). The molecule has 9 heteroatoms. The van der Waals surface area contributed by atoms with Crippen LogP contribution in [0, 0.1) is 0 Å². The smallest absolute Gasteiger partial charge is 0.255 e. The Hall–Kier alpha value is -2.33. The maximum Gasteiger partial charge on any atom is 0.255 e. The van der Waals surface area contributed by atoms with E-state index >= 15 is 0 Å². The third kappa shape index (κ3) is 3.98. The van der Waals surface area contributed by atoms with Gasteiger partial charge in [0.05, 0.1) is 32.0 Å². The Labute approximate surface area is 181 Å². The zero-order valence-electron chi connectivity index (χ0n) is 17.5. The van der Waals surface area contributed by atoms with Crippen molar-refractivity contribution < 1.29 is 23.9 Å². The van der Waals surface area contributed by atoms with Crippen LogP contribution in [0.25, 0.3) is 0 Å². The van der Waals surface area contributed by atoms with Gasteiger partial charge in [-0.1, -0.05) is 12.1 Å². The molecule has 0 radical (unpaired) electrons. The summed E-state index contributed by atoms with van der Waals surface area (Å²) in [6, 6.07) is 5.20. The van der Waals surface area contributed by atoms with Crippen LogP contribution in [0.4, 0.5) is 0 Å². The van der Waals surface area contributed by atoms with Crippen LogP contribution in [-0.4, -0.2) is 85.2 Å². The summed E-state index contributed by atoms with van der Waals surface area (Å²) >= 11 is 0. The van der Waals surface area contributed by atoms with Gasteiger partial charge < -0.3 is 19.7 Å². The maximum atomic E-state index is 13.1. The highest BCUT2D eigenvalue weighted by molar-refractivity contribution is 6.05. The van der Waals surface area contributed by atoms with Gasteiger partial charge in [0.25, 0.3) is 5.91 Å². The molecule has 2 atom stereocenters. The Balaban J connectivity index is 1.34. The molecule has 2 N–H and O–H groups in total. The molecule has 4 aliphatic rings. The first-order valence-electron chi connectivity index (χ1n) is 10.9. The fourth-order valence-electron chi connectivity index (χ4n) is 5.09. The molecule has 3 amide bonds. The van der Waals surface area contributed by atoms with Crippen LogP contribution in [0.5, 0.6) is 0 Å². The minimum Gasteiger partial charge on any atom is -0.378 e. The largest absolute Gasteiger partial charge is 0.378 e. The highest BCUT2D eigenvalue weighted by atomic mass is 16.5. The quantitative estimate of drug-likeness (QED) is 0.634. The van der Waals surface area contributed by atoms with Crippen LogP contribution in [0.2, 0.25) is 0 Å². The first kappa shape index (κ1) is 20.6. The number of ether oxygens (including phenoxy) is 2. The third-order valence-corrected chi connectivity index (χ3v) is 6.65. The summed E-state index contributed by atoms with van der Waals surface area (Å²) in [6.45, 7) is 6.13. The monoisotopic (exact) mass is 428 g/mol. The van der Waals surface area contributed by atoms with Gasteiger partial charge in [-0.25, -0.2) is 0 Å². The molecule has 9 nitrogen and oxygen atoms in total. The summed E-state index contributed by atoms with van der Waals surface area (Å²) in [6.07, 6.45) is 0.631. The lowest BCUT2D eigenvalue weighted by atomic mass is 9.98. The number of imide groups is 1. The lowest BCUT2D eigenvalue weighted by molar-refractivity contribution is -0.136. The molecule has 3 fully saturated rings. The number of carbonyl (C=O) groups excluding carboxylic acids is 3. The Morgan fingerprint density at radius 1 is 1.13 bits per heavy atom. The molecule has 166 valence electrons. The van der Waals surface area contributed by atoms with E-state index < -0.39 is 6.04 Å². The summed E-state index contributed by atoms with van der Waals surface area (Å²) in [7, 11) is 0. The maximum absolute atomic E-state index is 13.1. The zero-order valence-corrected chi connectivity index (χ0v) is 17.5. The number of nitrogens with one attached hydrogen (secondary N) is 2. The average molecular weight is 428 g/mol. The molecule has 1 aromatic carbocycles. The molecule has 1 aromatic rings. The van der Waals surface area contributed by atoms with E-state index in [-0.39, 0.29) is 29.7 Å². The second-order valence-electron chi connectivity index (χ2n) is 8.87. The van der Waals surface area contributed by atoms with Crippen molar-refractivity contribution in [2.75, 3.05) is 46.1 Å². The second-order valence-corrected chi connectivity index (χ2v) is 8.87. The number of rotatable bonds is 3. The van der Waals surface area contributed by atoms with Gasteiger partial charge in [-0.05, 0) is 23.6 Å². The lowest BCUT2D eigenvalue weighted by Gasteiger charge is -2.39. The number of benzene rings is 1. The van der Waals surface area contributed by atoms with Crippen LogP contribution in [0.3, 0.4) is 0 Å². The molecule has 0 aliphatic carbocycles. The van der Waals surface area contributed by atoms with Crippen LogP contribution in [-0.2, 0) is 32.2 Å². The number of piperidine rings is 1. The SMILES string of the molecule is O=C1CCC(N2Cc3c(CN4CCOCC5(COCCN5)C4)cccc3C2=O)C(=O)N1. The molecule has 5 rings (SSSR count). The highest BCUT2D eigenvalue weighted by Crippen LogP contribution is 2.31. The number of hydrogen-bond donors (Lipinski definition) is 2. The summed E-state index contributed by atoms with van der Waals surface area (Å²) in [4.78, 5) is 40.9. The van der Waals surface area contributed by atoms with E-state index in [1.807, 2.05) is 12.1 Å². The van der Waals surface area contributed by atoms with E-state index in [9.17, 15) is 14.4 Å². The molecule has 3 saturated heterocycles.